The number of rotatable bonds is 3. The molecular formula is C16H21F3N2OS. The lowest BCUT2D eigenvalue weighted by molar-refractivity contribution is -0.133. The second-order valence-electron chi connectivity index (χ2n) is 5.71. The number of nitrogens with zero attached hydrogens (tertiary/aromatic N) is 1. The molecule has 2 rings (SSSR count). The van der Waals surface area contributed by atoms with Crippen LogP contribution in [0.4, 0.5) is 23.7 Å². The van der Waals surface area contributed by atoms with Crippen LogP contribution < -0.4 is 5.32 Å². The Labute approximate surface area is 138 Å². The quantitative estimate of drug-likeness (QED) is 0.871. The van der Waals surface area contributed by atoms with Gasteiger partial charge in [-0.3, -0.25) is 0 Å². The van der Waals surface area contributed by atoms with Gasteiger partial charge < -0.3 is 10.2 Å². The average molecular weight is 346 g/mol. The molecule has 1 saturated heterocycles. The Morgan fingerprint density at radius 3 is 2.74 bits per heavy atom. The van der Waals surface area contributed by atoms with Crippen molar-refractivity contribution in [3.63, 3.8) is 0 Å². The molecule has 0 spiro atoms. The van der Waals surface area contributed by atoms with E-state index >= 15 is 0 Å². The zero-order chi connectivity index (χ0) is 17.0. The summed E-state index contributed by atoms with van der Waals surface area (Å²) in [6, 6.07) is 6.52. The Balaban J connectivity index is 2.06. The van der Waals surface area contributed by atoms with E-state index in [0.29, 0.717) is 23.0 Å². The van der Waals surface area contributed by atoms with Crippen LogP contribution in [0.2, 0.25) is 0 Å². The molecule has 128 valence electrons. The third-order valence-corrected chi connectivity index (χ3v) is 5.42. The van der Waals surface area contributed by atoms with E-state index in [1.807, 2.05) is 18.7 Å². The maximum Gasteiger partial charge on any atom is 0.389 e. The summed E-state index contributed by atoms with van der Waals surface area (Å²) in [5.41, 5.74) is 0.963. The SMILES string of the molecule is CC1SCCN(C(=O)Nc2ccccc2CCC(F)(F)F)C1C. The molecule has 3 nitrogen and oxygen atoms in total. The molecule has 1 fully saturated rings. The summed E-state index contributed by atoms with van der Waals surface area (Å²) in [6.07, 6.45) is -5.24. The van der Waals surface area contributed by atoms with E-state index in [1.165, 1.54) is 0 Å². The highest BCUT2D eigenvalue weighted by molar-refractivity contribution is 8.00. The van der Waals surface area contributed by atoms with Crippen molar-refractivity contribution in [3.8, 4) is 0 Å². The van der Waals surface area contributed by atoms with Crippen molar-refractivity contribution in [2.75, 3.05) is 17.6 Å². The number of hydrogen-bond acceptors (Lipinski definition) is 2. The number of nitrogens with one attached hydrogen (secondary N) is 1. The van der Waals surface area contributed by atoms with Crippen LogP contribution >= 0.6 is 11.8 Å². The first-order valence-electron chi connectivity index (χ1n) is 7.62. The predicted molar refractivity (Wildman–Crippen MR) is 87.9 cm³/mol. The van der Waals surface area contributed by atoms with Crippen LogP contribution in [0.15, 0.2) is 24.3 Å². The van der Waals surface area contributed by atoms with Gasteiger partial charge in [0.05, 0.1) is 0 Å². The maximum absolute atomic E-state index is 12.5. The Morgan fingerprint density at radius 2 is 2.04 bits per heavy atom. The van der Waals surface area contributed by atoms with Gasteiger partial charge in [-0.1, -0.05) is 25.1 Å². The predicted octanol–water partition coefficient (Wildman–Crippen LogP) is 4.54. The molecule has 2 amide bonds. The molecule has 23 heavy (non-hydrogen) atoms. The first kappa shape index (κ1) is 18.0. The highest BCUT2D eigenvalue weighted by Gasteiger charge is 2.30. The van der Waals surface area contributed by atoms with Gasteiger partial charge in [-0.2, -0.15) is 24.9 Å². The number of amides is 2. The van der Waals surface area contributed by atoms with Crippen LogP contribution in [0.1, 0.15) is 25.8 Å². The maximum atomic E-state index is 12.5. The summed E-state index contributed by atoms with van der Waals surface area (Å²) < 4.78 is 37.3. The minimum atomic E-state index is -4.20. The standard InChI is InChI=1S/C16H21F3N2OS/c1-11-12(2)23-10-9-21(11)15(22)20-14-6-4-3-5-13(14)7-8-16(17,18)19/h3-6,11-12H,7-10H2,1-2H3,(H,20,22). The lowest BCUT2D eigenvalue weighted by atomic mass is 10.1. The molecule has 0 aromatic heterocycles. The smallest absolute Gasteiger partial charge is 0.320 e. The fourth-order valence-electron chi connectivity index (χ4n) is 2.54. The van der Waals surface area contributed by atoms with Gasteiger partial charge >= 0.3 is 12.2 Å². The van der Waals surface area contributed by atoms with Crippen molar-refractivity contribution in [2.45, 2.75) is 44.2 Å². The fourth-order valence-corrected chi connectivity index (χ4v) is 3.64. The van der Waals surface area contributed by atoms with E-state index in [9.17, 15) is 18.0 Å². The zero-order valence-electron chi connectivity index (χ0n) is 13.2. The van der Waals surface area contributed by atoms with Gasteiger partial charge in [0.2, 0.25) is 0 Å². The molecule has 2 unspecified atom stereocenters. The van der Waals surface area contributed by atoms with E-state index < -0.39 is 12.6 Å². The lowest BCUT2D eigenvalue weighted by Gasteiger charge is -2.37. The van der Waals surface area contributed by atoms with Gasteiger partial charge in [-0.25, -0.2) is 4.79 Å². The second-order valence-corrected chi connectivity index (χ2v) is 7.20. The highest BCUT2D eigenvalue weighted by Crippen LogP contribution is 2.27. The summed E-state index contributed by atoms with van der Waals surface area (Å²) in [5, 5.41) is 3.12. The third-order valence-electron chi connectivity index (χ3n) is 4.08. The third kappa shape index (κ3) is 5.06. The first-order chi connectivity index (χ1) is 10.8. The summed E-state index contributed by atoms with van der Waals surface area (Å²) in [5.74, 6) is 0.870. The van der Waals surface area contributed by atoms with Crippen molar-refractivity contribution < 1.29 is 18.0 Å². The van der Waals surface area contributed by atoms with E-state index in [0.717, 1.165) is 5.75 Å². The van der Waals surface area contributed by atoms with E-state index in [4.69, 9.17) is 0 Å². The Hall–Kier alpha value is -1.37. The van der Waals surface area contributed by atoms with Crippen molar-refractivity contribution in [1.29, 1.82) is 0 Å². The van der Waals surface area contributed by atoms with Crippen LogP contribution in [0.5, 0.6) is 0 Å². The van der Waals surface area contributed by atoms with E-state index in [-0.39, 0.29) is 18.5 Å². The number of aryl methyl sites for hydroxylation is 1. The summed E-state index contributed by atoms with van der Waals surface area (Å²) in [6.45, 7) is 4.71. The number of alkyl halides is 3. The minimum Gasteiger partial charge on any atom is -0.320 e. The average Bonchev–Trinajstić information content (AvgIpc) is 2.48. The molecule has 0 saturated carbocycles. The van der Waals surface area contributed by atoms with Gasteiger partial charge in [-0.15, -0.1) is 0 Å². The number of carbonyl (C=O) groups excluding carboxylic acids is 1. The first-order valence-corrected chi connectivity index (χ1v) is 8.66. The Kier molecular flexibility index (Phi) is 5.84. The number of halogens is 3. The van der Waals surface area contributed by atoms with Gasteiger partial charge in [0.25, 0.3) is 0 Å². The molecule has 0 bridgehead atoms. The van der Waals surface area contributed by atoms with Gasteiger partial charge in [-0.05, 0) is 25.0 Å². The molecule has 1 aromatic carbocycles. The second kappa shape index (κ2) is 7.47. The largest absolute Gasteiger partial charge is 0.389 e. The van der Waals surface area contributed by atoms with E-state index in [1.54, 1.807) is 29.2 Å². The Morgan fingerprint density at radius 1 is 1.35 bits per heavy atom. The number of urea groups is 1. The summed E-state index contributed by atoms with van der Waals surface area (Å²) >= 11 is 1.82. The van der Waals surface area contributed by atoms with Crippen molar-refractivity contribution in [3.05, 3.63) is 29.8 Å². The number of carbonyl (C=O) groups is 1. The molecular weight excluding hydrogens is 325 g/mol. The van der Waals surface area contributed by atoms with Crippen molar-refractivity contribution in [1.82, 2.24) is 4.90 Å². The zero-order valence-corrected chi connectivity index (χ0v) is 14.0. The fraction of sp³-hybridized carbons (Fsp3) is 0.562. The van der Waals surface area contributed by atoms with Gasteiger partial charge in [0, 0.05) is 35.7 Å². The summed E-state index contributed by atoms with van der Waals surface area (Å²) in [7, 11) is 0. The molecule has 0 aliphatic carbocycles. The van der Waals surface area contributed by atoms with Crippen molar-refractivity contribution in [2.24, 2.45) is 0 Å². The number of benzene rings is 1. The number of para-hydroxylation sites is 1. The topological polar surface area (TPSA) is 32.3 Å². The number of thioether (sulfide) groups is 1. The van der Waals surface area contributed by atoms with E-state index in [2.05, 4.69) is 12.2 Å². The number of hydrogen-bond donors (Lipinski definition) is 1. The minimum absolute atomic E-state index is 0.0936. The van der Waals surface area contributed by atoms with Gasteiger partial charge in [0.1, 0.15) is 0 Å². The van der Waals surface area contributed by atoms with Crippen LogP contribution in [0.25, 0.3) is 0 Å². The van der Waals surface area contributed by atoms with Gasteiger partial charge in [0.15, 0.2) is 0 Å². The molecule has 7 heteroatoms. The summed E-state index contributed by atoms with van der Waals surface area (Å²) in [4.78, 5) is 14.2. The molecule has 1 N–H and O–H groups in total. The van der Waals surface area contributed by atoms with Crippen LogP contribution in [0, 0.1) is 0 Å². The highest BCUT2D eigenvalue weighted by atomic mass is 32.2. The lowest BCUT2D eigenvalue weighted by Crippen LogP contribution is -2.49. The molecule has 1 aliphatic heterocycles. The van der Waals surface area contributed by atoms with Crippen LogP contribution in [-0.4, -0.2) is 40.7 Å². The molecule has 1 aromatic rings. The normalized spacial score (nSPS) is 22.0. The Bertz CT molecular complexity index is 550. The monoisotopic (exact) mass is 346 g/mol. The van der Waals surface area contributed by atoms with Crippen molar-refractivity contribution >= 4 is 23.5 Å². The van der Waals surface area contributed by atoms with Crippen LogP contribution in [-0.2, 0) is 6.42 Å². The van der Waals surface area contributed by atoms with Crippen LogP contribution in [0.3, 0.4) is 0 Å². The molecule has 2 atom stereocenters. The number of anilines is 1. The molecule has 0 radical (unpaired) electrons. The molecule has 1 aliphatic rings. The molecule has 1 heterocycles.